The highest BCUT2D eigenvalue weighted by Crippen LogP contribution is 2.16. The molecule has 1 aromatic rings. The van der Waals surface area contributed by atoms with Gasteiger partial charge in [-0.15, -0.1) is 0 Å². The highest BCUT2D eigenvalue weighted by molar-refractivity contribution is 6.01. The number of aliphatic hydroxyl groups excluding tert-OH is 1. The van der Waals surface area contributed by atoms with E-state index >= 15 is 0 Å². The first-order valence-electron chi connectivity index (χ1n) is 38.4. The van der Waals surface area contributed by atoms with E-state index in [1.54, 1.807) is 41.5 Å². The molecule has 668 valence electrons. The number of aliphatic imine (C=N–C) groups is 2. The van der Waals surface area contributed by atoms with Crippen LogP contribution in [0.25, 0.3) is 0 Å². The zero-order valence-electron chi connectivity index (χ0n) is 68.1. The molecule has 1 aromatic heterocycles. The molecule has 0 radical (unpaired) electrons. The molecule has 1 rings (SSSR count). The van der Waals surface area contributed by atoms with Crippen LogP contribution in [-0.2, 0) is 97.5 Å². The Morgan fingerprint density at radius 2 is 0.714 bits per heavy atom. The summed E-state index contributed by atoms with van der Waals surface area (Å²) in [5.74, 6) is -24.8. The molecule has 0 aliphatic heterocycles. The number of aliphatic hydroxyl groups is 1. The van der Waals surface area contributed by atoms with Crippen LogP contribution in [0.4, 0.5) is 0 Å². The molecule has 33 N–H and O–H groups in total. The predicted octanol–water partition coefficient (Wildman–Crippen LogP) is -8.68. The third kappa shape index (κ3) is 42.9. The van der Waals surface area contributed by atoms with Gasteiger partial charge in [0, 0.05) is 57.1 Å². The first-order valence-corrected chi connectivity index (χ1v) is 38.4. The molecule has 0 fully saturated rings. The number of primary amides is 2. The number of rotatable bonds is 59. The lowest BCUT2D eigenvalue weighted by Gasteiger charge is -2.29. The number of hydrogen-bond acceptors (Lipinski definition) is 24. The SMILES string of the molecule is CC(C)C[C@H](NC(=O)[C@H](CCCN=C(N)N)NC(=O)[C@@H](N)CCC(N)=O)C(=O)N[C@@H](C)C(=O)N[C@@H](Cc1cnc[nH]1)C(=O)N[C@@H](CC(C)C)C(=O)N[C@@H](CC(=O)O)C(=O)N[C@@H](CO)C(=O)N[C@@H](CCCN=C(N)N)C(=O)N[C@@H](CCC(=O)O)C(=O)N[C@H](C(=O)N[C@@H](CC(C)C)C(=O)N[C@@H](CCC(N)=O)C(=O)N[C@@H](CCC(=O)O)C(=O)O)C(C)C. The van der Waals surface area contributed by atoms with Crippen LogP contribution in [0.1, 0.15) is 171 Å². The summed E-state index contributed by atoms with van der Waals surface area (Å²) in [5, 5.41) is 80.2. The van der Waals surface area contributed by atoms with E-state index in [2.05, 4.69) is 89.1 Å². The average molecular weight is 1690 g/mol. The summed E-state index contributed by atoms with van der Waals surface area (Å²) in [7, 11) is 0. The minimum Gasteiger partial charge on any atom is -0.481 e. The van der Waals surface area contributed by atoms with Crippen molar-refractivity contribution in [1.82, 2.24) is 79.1 Å². The zero-order valence-corrected chi connectivity index (χ0v) is 68.1. The van der Waals surface area contributed by atoms with Gasteiger partial charge in [-0.05, 0) is 101 Å². The summed E-state index contributed by atoms with van der Waals surface area (Å²) >= 11 is 0. The van der Waals surface area contributed by atoms with Gasteiger partial charge in [0.15, 0.2) is 11.9 Å². The lowest BCUT2D eigenvalue weighted by atomic mass is 9.98. The van der Waals surface area contributed by atoms with Crippen molar-refractivity contribution >= 4 is 124 Å². The number of carboxylic acids is 4. The Bertz CT molecular complexity index is 3700. The van der Waals surface area contributed by atoms with Crippen molar-refractivity contribution in [3.8, 4) is 0 Å². The Morgan fingerprint density at radius 1 is 0.378 bits per heavy atom. The molecule has 0 saturated carbocycles. The minimum atomic E-state index is -2.12. The summed E-state index contributed by atoms with van der Waals surface area (Å²) < 4.78 is 0. The number of carboxylic acid groups (broad SMARTS) is 4. The van der Waals surface area contributed by atoms with E-state index in [4.69, 9.17) is 45.2 Å². The fourth-order valence-corrected chi connectivity index (χ4v) is 11.3. The van der Waals surface area contributed by atoms with E-state index in [9.17, 15) is 112 Å². The number of guanidine groups is 2. The second kappa shape index (κ2) is 53.8. The second-order valence-corrected chi connectivity index (χ2v) is 29.8. The van der Waals surface area contributed by atoms with Crippen LogP contribution in [0.5, 0.6) is 0 Å². The maximum Gasteiger partial charge on any atom is 0.326 e. The van der Waals surface area contributed by atoms with Crippen LogP contribution in [0, 0.1) is 23.7 Å². The highest BCUT2D eigenvalue weighted by atomic mass is 16.4. The lowest BCUT2D eigenvalue weighted by molar-refractivity contribution is -0.144. The van der Waals surface area contributed by atoms with Crippen molar-refractivity contribution in [2.75, 3.05) is 19.7 Å². The molecule has 15 amide bonds. The predicted molar refractivity (Wildman–Crippen MR) is 422 cm³/mol. The highest BCUT2D eigenvalue weighted by Gasteiger charge is 2.39. The molecule has 14 atom stereocenters. The van der Waals surface area contributed by atoms with Gasteiger partial charge in [-0.25, -0.2) is 9.78 Å². The van der Waals surface area contributed by atoms with Gasteiger partial charge in [0.1, 0.15) is 78.5 Å². The van der Waals surface area contributed by atoms with Crippen LogP contribution in [0.15, 0.2) is 22.5 Å². The number of amides is 15. The Morgan fingerprint density at radius 3 is 1.11 bits per heavy atom. The molecule has 48 nitrogen and oxygen atoms in total. The van der Waals surface area contributed by atoms with Crippen molar-refractivity contribution < 1.29 is 117 Å². The topological polar surface area (TPSA) is 817 Å². The molecule has 0 bridgehead atoms. The molecule has 0 aliphatic rings. The summed E-state index contributed by atoms with van der Waals surface area (Å²) in [5.41, 5.74) is 38.6. The zero-order chi connectivity index (χ0) is 90.7. The van der Waals surface area contributed by atoms with Gasteiger partial charge < -0.3 is 140 Å². The normalized spacial score (nSPS) is 14.6. The monoisotopic (exact) mass is 1690 g/mol. The van der Waals surface area contributed by atoms with Crippen LogP contribution in [-0.4, -0.2) is 264 Å². The number of aromatic amines is 1. The quantitative estimate of drug-likeness (QED) is 0.0164. The number of nitrogens with one attached hydrogen (secondary N) is 14. The van der Waals surface area contributed by atoms with Crippen molar-refractivity contribution in [3.05, 3.63) is 18.2 Å². The van der Waals surface area contributed by atoms with E-state index in [-0.39, 0.29) is 88.4 Å². The Balaban J connectivity index is 3.67. The largest absolute Gasteiger partial charge is 0.481 e. The fourth-order valence-electron chi connectivity index (χ4n) is 11.3. The van der Waals surface area contributed by atoms with Crippen molar-refractivity contribution in [2.45, 2.75) is 256 Å². The number of nitrogens with two attached hydrogens (primary N) is 7. The first-order chi connectivity index (χ1) is 55.5. The molecular weight excluding hydrogens is 1570 g/mol. The van der Waals surface area contributed by atoms with Crippen molar-refractivity contribution in [1.29, 1.82) is 0 Å². The fraction of sp³-hybridized carbons (Fsp3) is 0.662. The number of aromatic nitrogens is 2. The smallest absolute Gasteiger partial charge is 0.326 e. The second-order valence-electron chi connectivity index (χ2n) is 29.8. The van der Waals surface area contributed by atoms with Crippen molar-refractivity contribution in [2.24, 2.45) is 73.8 Å². The van der Waals surface area contributed by atoms with Gasteiger partial charge in [-0.3, -0.25) is 96.3 Å². The molecule has 1 heterocycles. The number of imidazole rings is 1. The molecular formula is C71H120N24O24. The van der Waals surface area contributed by atoms with Gasteiger partial charge in [-0.1, -0.05) is 55.4 Å². The van der Waals surface area contributed by atoms with E-state index in [0.717, 1.165) is 0 Å². The summed E-state index contributed by atoms with van der Waals surface area (Å²) in [6.07, 6.45) is -4.03. The molecule has 0 aliphatic carbocycles. The van der Waals surface area contributed by atoms with E-state index in [1.165, 1.54) is 33.3 Å². The van der Waals surface area contributed by atoms with Crippen LogP contribution < -0.4 is 109 Å². The van der Waals surface area contributed by atoms with Gasteiger partial charge in [-0.2, -0.15) is 0 Å². The third-order valence-corrected chi connectivity index (χ3v) is 17.5. The van der Waals surface area contributed by atoms with Gasteiger partial charge >= 0.3 is 23.9 Å². The van der Waals surface area contributed by atoms with Gasteiger partial charge in [0.25, 0.3) is 0 Å². The summed E-state index contributed by atoms with van der Waals surface area (Å²) in [4.78, 5) is 268. The maximum atomic E-state index is 14.5. The molecule has 119 heavy (non-hydrogen) atoms. The molecule has 48 heteroatoms. The minimum absolute atomic E-state index is 0.0122. The third-order valence-electron chi connectivity index (χ3n) is 17.5. The van der Waals surface area contributed by atoms with E-state index in [0.29, 0.717) is 0 Å². The Hall–Kier alpha value is -12.4. The molecule has 0 saturated heterocycles. The number of aliphatic carboxylic acids is 4. The molecule has 0 spiro atoms. The molecule has 0 unspecified atom stereocenters. The number of hydrogen-bond donors (Lipinski definition) is 26. The first kappa shape index (κ1) is 105. The van der Waals surface area contributed by atoms with Crippen LogP contribution in [0.3, 0.4) is 0 Å². The van der Waals surface area contributed by atoms with Crippen LogP contribution >= 0.6 is 0 Å². The van der Waals surface area contributed by atoms with Gasteiger partial charge in [0.05, 0.1) is 25.4 Å². The average Bonchev–Trinajstić information content (AvgIpc) is 1.21. The summed E-state index contributed by atoms with van der Waals surface area (Å²) in [6, 6.07) is -23.1. The van der Waals surface area contributed by atoms with E-state index in [1.807, 2.05) is 0 Å². The number of carbonyl (C=O) groups excluding carboxylic acids is 15. The number of nitrogens with zero attached hydrogens (tertiary/aromatic N) is 3. The van der Waals surface area contributed by atoms with E-state index < -0.39 is 279 Å². The summed E-state index contributed by atoms with van der Waals surface area (Å²) in [6.45, 7) is 12.7. The van der Waals surface area contributed by atoms with Gasteiger partial charge in [0.2, 0.25) is 88.6 Å². The number of carbonyl (C=O) groups is 19. The Kier molecular flexibility index (Phi) is 47.3. The maximum absolute atomic E-state index is 14.5. The van der Waals surface area contributed by atoms with Crippen LogP contribution in [0.2, 0.25) is 0 Å². The lowest BCUT2D eigenvalue weighted by Crippen LogP contribution is -2.62. The van der Waals surface area contributed by atoms with Crippen molar-refractivity contribution in [3.63, 3.8) is 0 Å². The standard InChI is InChI=1S/C71H120N24O24/c1-32(2)24-44(90-59(108)39(12-10-22-80-70(75)76)84-57(106)38(72)14-18-50(73)97)62(111)83-36(9)56(105)89-47(27-37-29-79-31-82-37)65(114)91-45(25-33(3)4)64(113)92-48(28-54(103)104)66(115)94-49(30-96)67(116)85-40(13-11-23-81-71(77)78)58(107)86-42(16-20-52(99)100)61(110)95-55(35(7)8)68(117)93-46(26-34(5)6)63(112)87-41(15-19-51(74)98)60(109)88-43(69(118)119)17-21-53(101)102/h29,31-36,38-49,55,96H,10-28,30,72H2,1-9H3,(H2,73,97)(H2,74,98)(H,79,82)(H,83,111)(H,84,106)(H,85,116)(H,86,107)(H,87,112)(H,88,109)(H,89,105)(H,90,108)(H,91,114)(H,92,113)(H,93,117)(H,94,115)(H,95,110)(H,99,100)(H,101,102)(H,103,104)(H,118,119)(H4,75,76,80)(H4,77,78,81)/t36-,38-,39-,40-,41-,42-,43-,44-,45-,46-,47-,48-,49-,55-/m0/s1. The molecule has 0 aromatic carbocycles. The number of H-pyrrole nitrogens is 1. The Labute approximate surface area is 685 Å².